The zero-order chi connectivity index (χ0) is 9.14. The van der Waals surface area contributed by atoms with Crippen molar-refractivity contribution in [2.24, 2.45) is 5.73 Å². The van der Waals surface area contributed by atoms with Crippen molar-refractivity contribution in [3.05, 3.63) is 32.8 Å². The lowest BCUT2D eigenvalue weighted by molar-refractivity contribution is 1.04. The molecule has 0 atom stereocenters. The molecule has 1 aromatic carbocycles. The molecule has 0 unspecified atom stereocenters. The van der Waals surface area contributed by atoms with Crippen molar-refractivity contribution in [2.75, 3.05) is 0 Å². The molecule has 1 aromatic rings. The van der Waals surface area contributed by atoms with Gasteiger partial charge < -0.3 is 5.73 Å². The average Bonchev–Trinajstić information content (AvgIpc) is 2.03. The Morgan fingerprint density at radius 3 is 2.58 bits per heavy atom. The maximum atomic E-state index is 5.98. The SMILES string of the molecule is NCc1c(Cl)cc(Br)cc1CBr. The molecule has 2 N–H and O–H groups in total. The fraction of sp³-hybridized carbons (Fsp3) is 0.250. The molecule has 1 rings (SSSR count). The van der Waals surface area contributed by atoms with Crippen LogP contribution in [0.4, 0.5) is 0 Å². The molecule has 0 radical (unpaired) electrons. The molecule has 1 nitrogen and oxygen atoms in total. The first-order valence-electron chi connectivity index (χ1n) is 3.42. The lowest BCUT2D eigenvalue weighted by atomic mass is 10.1. The number of halogens is 3. The zero-order valence-electron chi connectivity index (χ0n) is 6.28. The molecule has 0 amide bonds. The topological polar surface area (TPSA) is 26.0 Å². The number of benzene rings is 1. The van der Waals surface area contributed by atoms with Gasteiger partial charge in [0.05, 0.1) is 0 Å². The smallest absolute Gasteiger partial charge is 0.0465 e. The summed E-state index contributed by atoms with van der Waals surface area (Å²) in [5.74, 6) is 0. The van der Waals surface area contributed by atoms with Crippen LogP contribution in [0.5, 0.6) is 0 Å². The van der Waals surface area contributed by atoms with Gasteiger partial charge in [-0.3, -0.25) is 0 Å². The summed E-state index contributed by atoms with van der Waals surface area (Å²) < 4.78 is 0.985. The summed E-state index contributed by atoms with van der Waals surface area (Å²) in [6, 6.07) is 3.87. The Morgan fingerprint density at radius 1 is 1.42 bits per heavy atom. The van der Waals surface area contributed by atoms with E-state index in [0.29, 0.717) is 6.54 Å². The highest BCUT2D eigenvalue weighted by Crippen LogP contribution is 2.26. The van der Waals surface area contributed by atoms with Crippen LogP contribution in [0.15, 0.2) is 16.6 Å². The van der Waals surface area contributed by atoms with Gasteiger partial charge in [0.15, 0.2) is 0 Å². The second-order valence-corrected chi connectivity index (χ2v) is 4.25. The number of nitrogens with two attached hydrogens (primary N) is 1. The van der Waals surface area contributed by atoms with Gasteiger partial charge in [0.1, 0.15) is 0 Å². The first-order chi connectivity index (χ1) is 5.69. The molecule has 0 fully saturated rings. The van der Waals surface area contributed by atoms with Crippen molar-refractivity contribution in [1.29, 1.82) is 0 Å². The molecule has 0 bridgehead atoms. The molecular formula is C8H8Br2ClN. The second kappa shape index (κ2) is 4.61. The first-order valence-corrected chi connectivity index (χ1v) is 5.71. The third-order valence-electron chi connectivity index (χ3n) is 1.60. The van der Waals surface area contributed by atoms with Gasteiger partial charge in [-0.05, 0) is 23.3 Å². The van der Waals surface area contributed by atoms with Gasteiger partial charge in [-0.15, -0.1) is 0 Å². The van der Waals surface area contributed by atoms with E-state index in [9.17, 15) is 0 Å². The van der Waals surface area contributed by atoms with Crippen molar-refractivity contribution in [2.45, 2.75) is 11.9 Å². The van der Waals surface area contributed by atoms with Crippen molar-refractivity contribution >= 4 is 43.5 Å². The third-order valence-corrected chi connectivity index (χ3v) is 3.00. The van der Waals surface area contributed by atoms with E-state index >= 15 is 0 Å². The van der Waals surface area contributed by atoms with Crippen LogP contribution in [0.25, 0.3) is 0 Å². The Morgan fingerprint density at radius 2 is 2.08 bits per heavy atom. The standard InChI is InChI=1S/C8H8Br2ClN/c9-3-5-1-6(10)2-8(11)7(5)4-12/h1-2H,3-4,12H2. The summed E-state index contributed by atoms with van der Waals surface area (Å²) in [4.78, 5) is 0. The molecule has 0 aliphatic carbocycles. The van der Waals surface area contributed by atoms with E-state index < -0.39 is 0 Å². The normalized spacial score (nSPS) is 10.3. The summed E-state index contributed by atoms with van der Waals surface area (Å²) in [5.41, 5.74) is 7.70. The quantitative estimate of drug-likeness (QED) is 0.832. The largest absolute Gasteiger partial charge is 0.326 e. The van der Waals surface area contributed by atoms with Gasteiger partial charge in [0.2, 0.25) is 0 Å². The summed E-state index contributed by atoms with van der Waals surface area (Å²) >= 11 is 12.7. The van der Waals surface area contributed by atoms with Crippen LogP contribution in [0.2, 0.25) is 5.02 Å². The molecule has 0 aromatic heterocycles. The molecular weight excluding hydrogens is 305 g/mol. The van der Waals surface area contributed by atoms with E-state index in [1.54, 1.807) is 0 Å². The zero-order valence-corrected chi connectivity index (χ0v) is 10.2. The number of hydrogen-bond acceptors (Lipinski definition) is 1. The van der Waals surface area contributed by atoms with Crippen molar-refractivity contribution in [1.82, 2.24) is 0 Å². The van der Waals surface area contributed by atoms with Crippen molar-refractivity contribution in [3.63, 3.8) is 0 Å². The lowest BCUT2D eigenvalue weighted by Gasteiger charge is -2.07. The van der Waals surface area contributed by atoms with Crippen molar-refractivity contribution in [3.8, 4) is 0 Å². The minimum absolute atomic E-state index is 0.479. The van der Waals surface area contributed by atoms with Crippen LogP contribution in [0.1, 0.15) is 11.1 Å². The van der Waals surface area contributed by atoms with Crippen LogP contribution in [-0.2, 0) is 11.9 Å². The van der Waals surface area contributed by atoms with E-state index in [4.69, 9.17) is 17.3 Å². The van der Waals surface area contributed by atoms with E-state index in [-0.39, 0.29) is 0 Å². The minimum atomic E-state index is 0.479. The summed E-state index contributed by atoms with van der Waals surface area (Å²) in [5, 5.41) is 1.50. The predicted octanol–water partition coefficient (Wildman–Crippen LogP) is 3.46. The molecule has 12 heavy (non-hydrogen) atoms. The molecule has 0 aliphatic heterocycles. The van der Waals surface area contributed by atoms with E-state index in [2.05, 4.69) is 31.9 Å². The molecule has 0 saturated heterocycles. The number of rotatable bonds is 2. The average molecular weight is 313 g/mol. The third kappa shape index (κ3) is 2.22. The summed E-state index contributed by atoms with van der Waals surface area (Å²) in [7, 11) is 0. The molecule has 0 heterocycles. The molecule has 66 valence electrons. The van der Waals surface area contributed by atoms with Crippen LogP contribution in [-0.4, -0.2) is 0 Å². The summed E-state index contributed by atoms with van der Waals surface area (Å²) in [6.45, 7) is 0.479. The highest BCUT2D eigenvalue weighted by Gasteiger charge is 2.05. The first kappa shape index (κ1) is 10.5. The van der Waals surface area contributed by atoms with Gasteiger partial charge in [0.25, 0.3) is 0 Å². The monoisotopic (exact) mass is 311 g/mol. The Bertz CT molecular complexity index is 289. The highest BCUT2D eigenvalue weighted by molar-refractivity contribution is 9.10. The number of alkyl halides is 1. The maximum absolute atomic E-state index is 5.98. The Kier molecular flexibility index (Phi) is 4.03. The van der Waals surface area contributed by atoms with E-state index in [0.717, 1.165) is 26.0 Å². The number of hydrogen-bond donors (Lipinski definition) is 1. The Labute approximate surface area is 93.5 Å². The lowest BCUT2D eigenvalue weighted by Crippen LogP contribution is -2.01. The summed E-state index contributed by atoms with van der Waals surface area (Å²) in [6.07, 6.45) is 0. The maximum Gasteiger partial charge on any atom is 0.0465 e. The molecule has 0 spiro atoms. The fourth-order valence-electron chi connectivity index (χ4n) is 1.00. The second-order valence-electron chi connectivity index (χ2n) is 2.36. The fourth-order valence-corrected chi connectivity index (χ4v) is 2.46. The Balaban J connectivity index is 3.24. The van der Waals surface area contributed by atoms with Gasteiger partial charge in [-0.1, -0.05) is 43.5 Å². The van der Waals surface area contributed by atoms with E-state index in [1.165, 1.54) is 0 Å². The van der Waals surface area contributed by atoms with Gasteiger partial charge >= 0.3 is 0 Å². The molecule has 4 heteroatoms. The Hall–Kier alpha value is 0.430. The highest BCUT2D eigenvalue weighted by atomic mass is 79.9. The van der Waals surface area contributed by atoms with Gasteiger partial charge in [0, 0.05) is 21.4 Å². The minimum Gasteiger partial charge on any atom is -0.326 e. The van der Waals surface area contributed by atoms with Crippen LogP contribution < -0.4 is 5.73 Å². The van der Waals surface area contributed by atoms with Crippen LogP contribution >= 0.6 is 43.5 Å². The van der Waals surface area contributed by atoms with Gasteiger partial charge in [-0.25, -0.2) is 0 Å². The van der Waals surface area contributed by atoms with E-state index in [1.807, 2.05) is 12.1 Å². The molecule has 0 saturated carbocycles. The molecule has 0 aliphatic rings. The predicted molar refractivity (Wildman–Crippen MR) is 59.7 cm³/mol. The van der Waals surface area contributed by atoms with Crippen LogP contribution in [0, 0.1) is 0 Å². The van der Waals surface area contributed by atoms with Crippen LogP contribution in [0.3, 0.4) is 0 Å². The van der Waals surface area contributed by atoms with Gasteiger partial charge in [-0.2, -0.15) is 0 Å². The van der Waals surface area contributed by atoms with Crippen molar-refractivity contribution < 1.29 is 0 Å².